The minimum Gasteiger partial charge on any atom is -0.489 e. The molecule has 1 saturated carbocycles. The highest BCUT2D eigenvalue weighted by Gasteiger charge is 2.55. The summed E-state index contributed by atoms with van der Waals surface area (Å²) in [6.45, 7) is 3.44. The van der Waals surface area contributed by atoms with E-state index in [9.17, 15) is 9.90 Å². The second-order valence-corrected chi connectivity index (χ2v) is 10.2. The molecule has 1 saturated heterocycles. The van der Waals surface area contributed by atoms with E-state index in [2.05, 4.69) is 41.3 Å². The molecule has 1 spiro atoms. The molecule has 30 heavy (non-hydrogen) atoms. The maximum Gasteiger partial charge on any atom is 0.310 e. The summed E-state index contributed by atoms with van der Waals surface area (Å²) < 4.78 is 6.21. The van der Waals surface area contributed by atoms with Crippen LogP contribution in [0.3, 0.4) is 0 Å². The lowest BCUT2D eigenvalue weighted by Crippen LogP contribution is -2.58. The molecule has 6 rings (SSSR count). The fraction of sp³-hybridized carbons (Fsp3) is 0.500. The van der Waals surface area contributed by atoms with Crippen LogP contribution in [0.5, 0.6) is 5.75 Å². The standard InChI is InChI=1S/C26H29NO3/c28-24(29)26(9-10-26)17-27-15-25(16-27)12-19-7-8-22(11-21(19)13-25)30-14-20-5-1-3-18-4-2-6-23(18)20/h1,3,5,7-8,11H,2,4,6,9-10,12-17H2,(H,28,29). The highest BCUT2D eigenvalue weighted by Crippen LogP contribution is 2.51. The monoisotopic (exact) mass is 403 g/mol. The molecule has 2 fully saturated rings. The molecule has 4 heteroatoms. The number of carbonyl (C=O) groups is 1. The van der Waals surface area contributed by atoms with Crippen molar-refractivity contribution in [3.63, 3.8) is 0 Å². The highest BCUT2D eigenvalue weighted by molar-refractivity contribution is 5.78. The number of rotatable bonds is 6. The van der Waals surface area contributed by atoms with Crippen LogP contribution in [0, 0.1) is 10.8 Å². The third-order valence-electron chi connectivity index (χ3n) is 7.90. The normalized spacial score (nSPS) is 22.4. The molecule has 0 bridgehead atoms. The van der Waals surface area contributed by atoms with Crippen molar-refractivity contribution in [3.8, 4) is 5.75 Å². The Bertz CT molecular complexity index is 1020. The first-order chi connectivity index (χ1) is 14.5. The number of carboxylic acid groups (broad SMARTS) is 1. The molecule has 0 atom stereocenters. The van der Waals surface area contributed by atoms with E-state index < -0.39 is 11.4 Å². The molecule has 4 nitrogen and oxygen atoms in total. The minimum absolute atomic E-state index is 0.315. The fourth-order valence-electron chi connectivity index (χ4n) is 6.15. The van der Waals surface area contributed by atoms with E-state index in [0.29, 0.717) is 12.0 Å². The van der Waals surface area contributed by atoms with Gasteiger partial charge in [-0.2, -0.15) is 0 Å². The zero-order chi connectivity index (χ0) is 20.3. The topological polar surface area (TPSA) is 49.8 Å². The maximum absolute atomic E-state index is 11.5. The largest absolute Gasteiger partial charge is 0.489 e. The number of ether oxygens (including phenoxy) is 1. The summed E-state index contributed by atoms with van der Waals surface area (Å²) in [6.07, 6.45) is 7.55. The summed E-state index contributed by atoms with van der Waals surface area (Å²) in [5.41, 5.74) is 7.08. The van der Waals surface area contributed by atoms with Gasteiger partial charge in [-0.05, 0) is 84.9 Å². The van der Waals surface area contributed by atoms with E-state index in [0.717, 1.165) is 51.1 Å². The van der Waals surface area contributed by atoms with Crippen LogP contribution in [0.2, 0.25) is 0 Å². The average molecular weight is 404 g/mol. The van der Waals surface area contributed by atoms with E-state index >= 15 is 0 Å². The van der Waals surface area contributed by atoms with Gasteiger partial charge in [0, 0.05) is 25.0 Å². The molecule has 2 aromatic carbocycles. The Morgan fingerprint density at radius 3 is 2.67 bits per heavy atom. The molecule has 0 aromatic heterocycles. The van der Waals surface area contributed by atoms with Crippen molar-refractivity contribution >= 4 is 5.97 Å². The molecular formula is C26H29NO3. The zero-order valence-electron chi connectivity index (χ0n) is 17.5. The SMILES string of the molecule is O=C(O)C1(CN2CC3(Cc4ccc(OCc5cccc6c5CCC6)cc4C3)C2)CC1. The molecule has 0 amide bonds. The molecule has 2 aromatic rings. The number of hydrogen-bond acceptors (Lipinski definition) is 3. The van der Waals surface area contributed by atoms with Gasteiger partial charge in [0.25, 0.3) is 0 Å². The van der Waals surface area contributed by atoms with Crippen LogP contribution in [0.1, 0.15) is 47.1 Å². The van der Waals surface area contributed by atoms with Crippen molar-refractivity contribution in [3.05, 3.63) is 64.2 Å². The van der Waals surface area contributed by atoms with E-state index in [1.807, 2.05) is 0 Å². The van der Waals surface area contributed by atoms with Gasteiger partial charge < -0.3 is 14.7 Å². The lowest BCUT2D eigenvalue weighted by Gasteiger charge is -2.49. The Labute approximate surface area is 177 Å². The van der Waals surface area contributed by atoms with Gasteiger partial charge in [-0.3, -0.25) is 4.79 Å². The Morgan fingerprint density at radius 2 is 1.87 bits per heavy atom. The average Bonchev–Trinajstić information content (AvgIpc) is 3.17. The molecule has 1 heterocycles. The Balaban J connectivity index is 1.09. The summed E-state index contributed by atoms with van der Waals surface area (Å²) in [5, 5.41) is 9.45. The highest BCUT2D eigenvalue weighted by atomic mass is 16.5. The van der Waals surface area contributed by atoms with Gasteiger partial charge >= 0.3 is 5.97 Å². The zero-order valence-corrected chi connectivity index (χ0v) is 17.5. The Kier molecular flexibility index (Phi) is 4.05. The van der Waals surface area contributed by atoms with E-state index in [1.54, 1.807) is 0 Å². The molecule has 0 unspecified atom stereocenters. The summed E-state index contributed by atoms with van der Waals surface area (Å²) in [7, 11) is 0. The molecule has 1 aliphatic heterocycles. The first-order valence-corrected chi connectivity index (χ1v) is 11.3. The number of likely N-dealkylation sites (tertiary alicyclic amines) is 1. The first-order valence-electron chi connectivity index (χ1n) is 11.3. The number of benzene rings is 2. The molecule has 4 aliphatic rings. The van der Waals surface area contributed by atoms with E-state index in [-0.39, 0.29) is 0 Å². The fourth-order valence-corrected chi connectivity index (χ4v) is 6.15. The summed E-state index contributed by atoms with van der Waals surface area (Å²) in [5.74, 6) is 0.365. The van der Waals surface area contributed by atoms with Gasteiger partial charge in [0.1, 0.15) is 12.4 Å². The van der Waals surface area contributed by atoms with Crippen LogP contribution >= 0.6 is 0 Å². The summed E-state index contributed by atoms with van der Waals surface area (Å²) in [6, 6.07) is 13.2. The van der Waals surface area contributed by atoms with E-state index in [4.69, 9.17) is 4.74 Å². The third-order valence-corrected chi connectivity index (χ3v) is 7.90. The van der Waals surface area contributed by atoms with Crippen molar-refractivity contribution in [1.82, 2.24) is 4.90 Å². The number of carboxylic acids is 1. The molecule has 1 N–H and O–H groups in total. The Hall–Kier alpha value is -2.33. The van der Waals surface area contributed by atoms with Crippen molar-refractivity contribution in [1.29, 1.82) is 0 Å². The van der Waals surface area contributed by atoms with Crippen molar-refractivity contribution in [2.45, 2.75) is 51.6 Å². The number of nitrogens with zero attached hydrogens (tertiary/aromatic N) is 1. The third kappa shape index (κ3) is 3.04. The van der Waals surface area contributed by atoms with Crippen LogP contribution in [-0.4, -0.2) is 35.6 Å². The van der Waals surface area contributed by atoms with Crippen molar-refractivity contribution < 1.29 is 14.6 Å². The van der Waals surface area contributed by atoms with Gasteiger partial charge in [0.2, 0.25) is 0 Å². The second kappa shape index (κ2) is 6.58. The Morgan fingerprint density at radius 1 is 1.03 bits per heavy atom. The summed E-state index contributed by atoms with van der Waals surface area (Å²) in [4.78, 5) is 13.8. The van der Waals surface area contributed by atoms with E-state index in [1.165, 1.54) is 47.1 Å². The lowest BCUT2D eigenvalue weighted by molar-refractivity contribution is -0.145. The molecule has 0 radical (unpaired) electrons. The minimum atomic E-state index is -0.607. The number of aryl methyl sites for hydroxylation is 1. The van der Waals surface area contributed by atoms with Gasteiger partial charge in [-0.1, -0.05) is 24.3 Å². The molecular weight excluding hydrogens is 374 g/mol. The van der Waals surface area contributed by atoms with Gasteiger partial charge in [-0.25, -0.2) is 0 Å². The first kappa shape index (κ1) is 18.4. The maximum atomic E-state index is 11.5. The number of aliphatic carboxylic acids is 1. The van der Waals surface area contributed by atoms with Crippen LogP contribution in [0.4, 0.5) is 0 Å². The predicted molar refractivity (Wildman–Crippen MR) is 115 cm³/mol. The van der Waals surface area contributed by atoms with Gasteiger partial charge in [0.15, 0.2) is 0 Å². The predicted octanol–water partition coefficient (Wildman–Crippen LogP) is 4.02. The molecule has 3 aliphatic carbocycles. The second-order valence-electron chi connectivity index (χ2n) is 10.2. The lowest BCUT2D eigenvalue weighted by atomic mass is 9.76. The quantitative estimate of drug-likeness (QED) is 0.792. The summed E-state index contributed by atoms with van der Waals surface area (Å²) >= 11 is 0. The van der Waals surface area contributed by atoms with Crippen LogP contribution in [-0.2, 0) is 37.1 Å². The van der Waals surface area contributed by atoms with Crippen LogP contribution in [0.15, 0.2) is 36.4 Å². The van der Waals surface area contributed by atoms with Crippen molar-refractivity contribution in [2.75, 3.05) is 19.6 Å². The molecule has 156 valence electrons. The number of fused-ring (bicyclic) bond motifs is 2. The van der Waals surface area contributed by atoms with Crippen molar-refractivity contribution in [2.24, 2.45) is 10.8 Å². The van der Waals surface area contributed by atoms with Gasteiger partial charge in [0.05, 0.1) is 5.41 Å². The smallest absolute Gasteiger partial charge is 0.310 e. The number of hydrogen-bond donors (Lipinski definition) is 1. The van der Waals surface area contributed by atoms with Crippen LogP contribution < -0.4 is 4.74 Å². The van der Waals surface area contributed by atoms with Gasteiger partial charge in [-0.15, -0.1) is 0 Å². The van der Waals surface area contributed by atoms with Crippen LogP contribution in [0.25, 0.3) is 0 Å².